The Morgan fingerprint density at radius 1 is 1.20 bits per heavy atom. The second-order valence-corrected chi connectivity index (χ2v) is 5.44. The maximum absolute atomic E-state index is 12.9. The molecule has 1 aliphatic heterocycles. The quantitative estimate of drug-likeness (QED) is 0.486. The maximum atomic E-state index is 12.9. The minimum atomic E-state index is -4.90. The highest BCUT2D eigenvalue weighted by Gasteiger charge is 2.39. The number of ether oxygens (including phenoxy) is 2. The van der Waals surface area contributed by atoms with Crippen molar-refractivity contribution >= 4 is 23.6 Å². The fraction of sp³-hybridized carbons (Fsp3) is 0.267. The molecule has 10 heteroatoms. The molecular formula is C15H12F3NO6. The molecular weight excluding hydrogens is 347 g/mol. The van der Waals surface area contributed by atoms with E-state index in [0.717, 1.165) is 18.3 Å². The zero-order chi connectivity index (χ0) is 19.0. The zero-order valence-corrected chi connectivity index (χ0v) is 12.9. The second-order valence-electron chi connectivity index (χ2n) is 5.44. The van der Waals surface area contributed by atoms with Crippen LogP contribution in [0.2, 0.25) is 0 Å². The van der Waals surface area contributed by atoms with Crippen molar-refractivity contribution in [2.24, 2.45) is 0 Å². The van der Waals surface area contributed by atoms with E-state index in [2.05, 4.69) is 5.32 Å². The Labute approximate surface area is 139 Å². The van der Waals surface area contributed by atoms with Gasteiger partial charge in [-0.1, -0.05) is 0 Å². The summed E-state index contributed by atoms with van der Waals surface area (Å²) in [4.78, 5) is 34.3. The number of cyclic esters (lactones) is 2. The Bertz CT molecular complexity index is 760. The van der Waals surface area contributed by atoms with E-state index in [4.69, 9.17) is 14.6 Å². The first-order valence-corrected chi connectivity index (χ1v) is 6.78. The summed E-state index contributed by atoms with van der Waals surface area (Å²) in [7, 11) is 0. The highest BCUT2D eigenvalue weighted by atomic mass is 19.4. The van der Waals surface area contributed by atoms with Crippen molar-refractivity contribution in [2.45, 2.75) is 25.8 Å². The van der Waals surface area contributed by atoms with Gasteiger partial charge >= 0.3 is 24.1 Å². The number of carbonyl (C=O) groups excluding carboxylic acids is 2. The predicted octanol–water partition coefficient (Wildman–Crippen LogP) is 2.54. The lowest BCUT2D eigenvalue weighted by atomic mass is 10.1. The molecule has 2 rings (SSSR count). The highest BCUT2D eigenvalue weighted by Crippen LogP contribution is 2.34. The van der Waals surface area contributed by atoms with Crippen LogP contribution >= 0.6 is 0 Å². The summed E-state index contributed by atoms with van der Waals surface area (Å²) in [6, 6.07) is 2.36. The van der Waals surface area contributed by atoms with Crippen molar-refractivity contribution in [1.82, 2.24) is 0 Å². The number of rotatable bonds is 3. The Morgan fingerprint density at radius 3 is 2.24 bits per heavy atom. The van der Waals surface area contributed by atoms with Crippen LogP contribution in [0, 0.1) is 0 Å². The van der Waals surface area contributed by atoms with Gasteiger partial charge in [-0.25, -0.2) is 14.4 Å². The summed E-state index contributed by atoms with van der Waals surface area (Å²) < 4.78 is 48.5. The molecule has 25 heavy (non-hydrogen) atoms. The van der Waals surface area contributed by atoms with E-state index < -0.39 is 46.6 Å². The number of hydrogen-bond donors (Lipinski definition) is 2. The smallest absolute Gasteiger partial charge is 0.417 e. The van der Waals surface area contributed by atoms with Crippen LogP contribution in [0.25, 0.3) is 0 Å². The van der Waals surface area contributed by atoms with Crippen LogP contribution in [0.1, 0.15) is 29.8 Å². The number of halogens is 3. The molecule has 1 aromatic rings. The lowest BCUT2D eigenvalue weighted by molar-refractivity contribution is -0.222. The van der Waals surface area contributed by atoms with Gasteiger partial charge < -0.3 is 19.9 Å². The monoisotopic (exact) mass is 359 g/mol. The molecule has 0 amide bonds. The molecule has 7 nitrogen and oxygen atoms in total. The molecule has 1 heterocycles. The molecule has 1 saturated heterocycles. The summed E-state index contributed by atoms with van der Waals surface area (Å²) >= 11 is 0. The number of carboxylic acid groups (broad SMARTS) is 1. The van der Waals surface area contributed by atoms with Crippen LogP contribution < -0.4 is 5.32 Å². The van der Waals surface area contributed by atoms with Crippen LogP contribution in [0.15, 0.2) is 30.0 Å². The van der Waals surface area contributed by atoms with E-state index in [1.807, 2.05) is 0 Å². The molecule has 0 unspecified atom stereocenters. The van der Waals surface area contributed by atoms with Crippen LogP contribution in [-0.2, 0) is 25.2 Å². The number of nitrogens with one attached hydrogen (secondary N) is 1. The topological polar surface area (TPSA) is 102 Å². The average Bonchev–Trinajstić information content (AvgIpc) is 2.43. The van der Waals surface area contributed by atoms with Gasteiger partial charge in [0.15, 0.2) is 5.57 Å². The molecule has 0 aliphatic carbocycles. The van der Waals surface area contributed by atoms with E-state index in [1.165, 1.54) is 13.8 Å². The SMILES string of the molecule is CC1(C)OC(=O)C(=CNc2ccc(C(=O)O)c(C(F)(F)F)c2)C(=O)O1. The lowest BCUT2D eigenvalue weighted by Crippen LogP contribution is -2.42. The van der Waals surface area contributed by atoms with Gasteiger partial charge in [0.05, 0.1) is 11.1 Å². The van der Waals surface area contributed by atoms with E-state index in [1.54, 1.807) is 0 Å². The number of anilines is 1. The largest absolute Gasteiger partial charge is 0.478 e. The minimum absolute atomic E-state index is 0.185. The van der Waals surface area contributed by atoms with Gasteiger partial charge in [0, 0.05) is 25.7 Å². The normalized spacial score (nSPS) is 16.8. The van der Waals surface area contributed by atoms with Crippen LogP contribution in [0.4, 0.5) is 18.9 Å². The molecule has 2 N–H and O–H groups in total. The van der Waals surface area contributed by atoms with Gasteiger partial charge in [-0.15, -0.1) is 0 Å². The highest BCUT2D eigenvalue weighted by molar-refractivity contribution is 6.15. The third-order valence-corrected chi connectivity index (χ3v) is 3.06. The molecule has 1 fully saturated rings. The van der Waals surface area contributed by atoms with Crippen molar-refractivity contribution in [3.63, 3.8) is 0 Å². The molecule has 0 saturated carbocycles. The fourth-order valence-corrected chi connectivity index (χ4v) is 1.99. The van der Waals surface area contributed by atoms with Crippen LogP contribution in [-0.4, -0.2) is 28.8 Å². The third kappa shape index (κ3) is 4.08. The van der Waals surface area contributed by atoms with Crippen molar-refractivity contribution < 1.29 is 42.1 Å². The third-order valence-electron chi connectivity index (χ3n) is 3.06. The molecule has 0 bridgehead atoms. The summed E-state index contributed by atoms with van der Waals surface area (Å²) in [5, 5.41) is 11.1. The molecule has 0 radical (unpaired) electrons. The van der Waals surface area contributed by atoms with E-state index in [-0.39, 0.29) is 5.69 Å². The van der Waals surface area contributed by atoms with Crippen LogP contribution in [0.5, 0.6) is 0 Å². The van der Waals surface area contributed by atoms with Crippen LogP contribution in [0.3, 0.4) is 0 Å². The Balaban J connectivity index is 2.31. The first-order valence-electron chi connectivity index (χ1n) is 6.78. The first kappa shape index (κ1) is 18.3. The first-order chi connectivity index (χ1) is 11.4. The number of benzene rings is 1. The van der Waals surface area contributed by atoms with Crippen molar-refractivity contribution in [3.05, 3.63) is 41.1 Å². The summed E-state index contributed by atoms with van der Waals surface area (Å²) in [5.74, 6) is -5.20. The number of hydrogen-bond acceptors (Lipinski definition) is 6. The number of aromatic carboxylic acids is 1. The number of carboxylic acids is 1. The van der Waals surface area contributed by atoms with Gasteiger partial charge in [0.25, 0.3) is 5.79 Å². The Kier molecular flexibility index (Phi) is 4.47. The second kappa shape index (κ2) is 6.11. The summed E-state index contributed by atoms with van der Waals surface area (Å²) in [6.07, 6.45) is -4.07. The lowest BCUT2D eigenvalue weighted by Gasteiger charge is -2.29. The van der Waals surface area contributed by atoms with Gasteiger partial charge in [0.2, 0.25) is 0 Å². The molecule has 1 aromatic carbocycles. The molecule has 134 valence electrons. The Morgan fingerprint density at radius 2 is 1.76 bits per heavy atom. The predicted molar refractivity (Wildman–Crippen MR) is 76.4 cm³/mol. The van der Waals surface area contributed by atoms with Gasteiger partial charge in [-0.05, 0) is 18.2 Å². The number of esters is 2. The number of carbonyl (C=O) groups is 3. The van der Waals surface area contributed by atoms with Gasteiger partial charge in [-0.2, -0.15) is 13.2 Å². The van der Waals surface area contributed by atoms with Crippen molar-refractivity contribution in [1.29, 1.82) is 0 Å². The maximum Gasteiger partial charge on any atom is 0.417 e. The molecule has 0 spiro atoms. The standard InChI is InChI=1S/C15H12F3NO6/c1-14(2)24-12(22)9(13(23)25-14)6-19-7-3-4-8(11(20)21)10(5-7)15(16,17)18/h3-6,19H,1-2H3,(H,20,21). The fourth-order valence-electron chi connectivity index (χ4n) is 1.99. The van der Waals surface area contributed by atoms with Gasteiger partial charge in [-0.3, -0.25) is 0 Å². The van der Waals surface area contributed by atoms with Crippen molar-refractivity contribution in [3.8, 4) is 0 Å². The van der Waals surface area contributed by atoms with E-state index >= 15 is 0 Å². The molecule has 1 aliphatic rings. The number of alkyl halides is 3. The summed E-state index contributed by atoms with van der Waals surface area (Å²) in [6.45, 7) is 2.68. The van der Waals surface area contributed by atoms with Gasteiger partial charge in [0.1, 0.15) is 0 Å². The average molecular weight is 359 g/mol. The summed E-state index contributed by atoms with van der Waals surface area (Å²) in [5.41, 5.74) is -3.03. The molecule has 0 aromatic heterocycles. The van der Waals surface area contributed by atoms with Crippen molar-refractivity contribution in [2.75, 3.05) is 5.32 Å². The molecule has 0 atom stereocenters. The Hall–Kier alpha value is -3.04. The zero-order valence-electron chi connectivity index (χ0n) is 12.9. The van der Waals surface area contributed by atoms with E-state index in [0.29, 0.717) is 6.07 Å². The van der Waals surface area contributed by atoms with E-state index in [9.17, 15) is 27.6 Å². The minimum Gasteiger partial charge on any atom is -0.478 e.